The Morgan fingerprint density at radius 1 is 1.43 bits per heavy atom. The molecule has 0 aliphatic carbocycles. The van der Waals surface area contributed by atoms with Crippen molar-refractivity contribution < 1.29 is 4.42 Å². The average molecular weight is 188 g/mol. The van der Waals surface area contributed by atoms with Gasteiger partial charge < -0.3 is 8.98 Å². The van der Waals surface area contributed by atoms with Gasteiger partial charge in [0, 0.05) is 18.8 Å². The van der Waals surface area contributed by atoms with E-state index in [0.717, 1.165) is 24.5 Å². The lowest BCUT2D eigenvalue weighted by molar-refractivity contribution is 0.462. The summed E-state index contributed by atoms with van der Waals surface area (Å²) in [6.45, 7) is 4.40. The van der Waals surface area contributed by atoms with Crippen molar-refractivity contribution in [2.45, 2.75) is 13.0 Å². The molecule has 0 N–H and O–H groups in total. The van der Waals surface area contributed by atoms with Crippen molar-refractivity contribution >= 4 is 0 Å². The van der Waals surface area contributed by atoms with E-state index in [1.54, 1.807) is 12.5 Å². The molecule has 0 fully saturated rings. The molecule has 72 valence electrons. The normalized spacial score (nSPS) is 10.3. The molecule has 2 heterocycles. The van der Waals surface area contributed by atoms with Gasteiger partial charge in [0.05, 0.1) is 12.9 Å². The second-order valence-electron chi connectivity index (χ2n) is 3.10. The largest absolute Gasteiger partial charge is 0.464 e. The molecule has 3 heteroatoms. The zero-order valence-electron chi connectivity index (χ0n) is 7.89. The molecule has 0 aliphatic heterocycles. The predicted molar refractivity (Wildman–Crippen MR) is 53.9 cm³/mol. The maximum atomic E-state index is 5.58. The monoisotopic (exact) mass is 188 g/mol. The van der Waals surface area contributed by atoms with Crippen LogP contribution in [0.4, 0.5) is 0 Å². The van der Waals surface area contributed by atoms with Crippen LogP contribution in [0.25, 0.3) is 0 Å². The number of imidazole rings is 1. The van der Waals surface area contributed by atoms with Crippen LogP contribution in [-0.2, 0) is 13.0 Å². The van der Waals surface area contributed by atoms with E-state index in [-0.39, 0.29) is 0 Å². The van der Waals surface area contributed by atoms with Gasteiger partial charge in [0.2, 0.25) is 0 Å². The number of furan rings is 1. The van der Waals surface area contributed by atoms with Crippen molar-refractivity contribution in [1.29, 1.82) is 0 Å². The minimum absolute atomic E-state index is 0.733. The molecule has 0 saturated carbocycles. The third-order valence-corrected chi connectivity index (χ3v) is 1.96. The van der Waals surface area contributed by atoms with E-state index in [2.05, 4.69) is 11.6 Å². The Morgan fingerprint density at radius 2 is 2.29 bits per heavy atom. The minimum atomic E-state index is 0.733. The van der Waals surface area contributed by atoms with Gasteiger partial charge in [-0.05, 0) is 12.1 Å². The van der Waals surface area contributed by atoms with Crippen molar-refractivity contribution in [3.8, 4) is 0 Å². The van der Waals surface area contributed by atoms with Crippen molar-refractivity contribution in [3.05, 3.63) is 55.0 Å². The average Bonchev–Trinajstić information content (AvgIpc) is 2.79. The summed E-state index contributed by atoms with van der Waals surface area (Å²) >= 11 is 0. The molecule has 0 atom stereocenters. The Labute approximate surface area is 82.7 Å². The predicted octanol–water partition coefficient (Wildman–Crippen LogP) is 2.25. The fraction of sp³-hybridized carbons (Fsp3) is 0.182. The number of allylic oxidation sites excluding steroid dienone is 1. The molecule has 0 aliphatic rings. The lowest BCUT2D eigenvalue weighted by Gasteiger charge is -1.97. The zero-order chi connectivity index (χ0) is 9.80. The van der Waals surface area contributed by atoms with Crippen molar-refractivity contribution in [2.75, 3.05) is 0 Å². The van der Waals surface area contributed by atoms with Crippen LogP contribution in [0, 0.1) is 0 Å². The first kappa shape index (κ1) is 8.81. The van der Waals surface area contributed by atoms with Gasteiger partial charge in [-0.3, -0.25) is 0 Å². The topological polar surface area (TPSA) is 31.0 Å². The summed E-state index contributed by atoms with van der Waals surface area (Å²) in [5.74, 6) is 1.90. The van der Waals surface area contributed by atoms with Crippen LogP contribution in [0.2, 0.25) is 0 Å². The summed E-state index contributed by atoms with van der Waals surface area (Å²) in [4.78, 5) is 3.97. The van der Waals surface area contributed by atoms with Gasteiger partial charge in [-0.25, -0.2) is 4.98 Å². The highest BCUT2D eigenvalue weighted by molar-refractivity contribution is 5.09. The van der Waals surface area contributed by atoms with Gasteiger partial charge in [0.15, 0.2) is 0 Å². The standard InChI is InChI=1S/C11H12N2O/c1-2-3-10-4-5-11(14-10)8-13-7-6-12-9-13/h2,4-7,9H,1,3,8H2. The summed E-state index contributed by atoms with van der Waals surface area (Å²) in [5.41, 5.74) is 0. The van der Waals surface area contributed by atoms with Crippen LogP contribution in [-0.4, -0.2) is 9.55 Å². The number of aromatic nitrogens is 2. The third kappa shape index (κ3) is 1.93. The molecule has 2 aromatic heterocycles. The van der Waals surface area contributed by atoms with Gasteiger partial charge in [-0.1, -0.05) is 6.08 Å². The van der Waals surface area contributed by atoms with Crippen molar-refractivity contribution in [2.24, 2.45) is 0 Å². The molecular weight excluding hydrogens is 176 g/mol. The SMILES string of the molecule is C=CCc1ccc(Cn2ccnc2)o1. The van der Waals surface area contributed by atoms with Crippen LogP contribution in [0.1, 0.15) is 11.5 Å². The van der Waals surface area contributed by atoms with E-state index in [9.17, 15) is 0 Å². The van der Waals surface area contributed by atoms with E-state index in [1.807, 2.05) is 29.0 Å². The molecule has 0 unspecified atom stereocenters. The molecule has 0 aromatic carbocycles. The lowest BCUT2D eigenvalue weighted by atomic mass is 10.3. The molecule has 3 nitrogen and oxygen atoms in total. The van der Waals surface area contributed by atoms with E-state index in [0.29, 0.717) is 0 Å². The van der Waals surface area contributed by atoms with E-state index in [1.165, 1.54) is 0 Å². The van der Waals surface area contributed by atoms with Crippen LogP contribution >= 0.6 is 0 Å². The number of hydrogen-bond acceptors (Lipinski definition) is 2. The fourth-order valence-electron chi connectivity index (χ4n) is 1.32. The van der Waals surface area contributed by atoms with E-state index < -0.39 is 0 Å². The number of rotatable bonds is 4. The lowest BCUT2D eigenvalue weighted by Crippen LogP contribution is -1.93. The second-order valence-corrected chi connectivity index (χ2v) is 3.10. The van der Waals surface area contributed by atoms with Gasteiger partial charge in [-0.15, -0.1) is 6.58 Å². The Hall–Kier alpha value is -1.77. The van der Waals surface area contributed by atoms with Gasteiger partial charge in [0.25, 0.3) is 0 Å². The van der Waals surface area contributed by atoms with Crippen LogP contribution in [0.5, 0.6) is 0 Å². The molecule has 0 radical (unpaired) electrons. The Morgan fingerprint density at radius 3 is 3.00 bits per heavy atom. The molecule has 2 aromatic rings. The van der Waals surface area contributed by atoms with Gasteiger partial charge in [-0.2, -0.15) is 0 Å². The summed E-state index contributed by atoms with van der Waals surface area (Å²) in [6.07, 6.45) is 8.06. The highest BCUT2D eigenvalue weighted by Gasteiger charge is 2.00. The Bertz CT molecular complexity index is 401. The molecule has 0 saturated heterocycles. The molecule has 2 rings (SSSR count). The maximum Gasteiger partial charge on any atom is 0.123 e. The maximum absolute atomic E-state index is 5.58. The van der Waals surface area contributed by atoms with Crippen LogP contribution in [0.15, 0.2) is 47.9 Å². The van der Waals surface area contributed by atoms with Crippen LogP contribution in [0.3, 0.4) is 0 Å². The summed E-state index contributed by atoms with van der Waals surface area (Å²) in [6, 6.07) is 3.97. The highest BCUT2D eigenvalue weighted by Crippen LogP contribution is 2.10. The molecule has 14 heavy (non-hydrogen) atoms. The fourth-order valence-corrected chi connectivity index (χ4v) is 1.32. The summed E-state index contributed by atoms with van der Waals surface area (Å²) in [5, 5.41) is 0. The first-order valence-corrected chi connectivity index (χ1v) is 4.52. The molecular formula is C11H12N2O. The zero-order valence-corrected chi connectivity index (χ0v) is 7.89. The van der Waals surface area contributed by atoms with Gasteiger partial charge in [0.1, 0.15) is 11.5 Å². The quantitative estimate of drug-likeness (QED) is 0.689. The third-order valence-electron chi connectivity index (χ3n) is 1.96. The summed E-state index contributed by atoms with van der Waals surface area (Å²) in [7, 11) is 0. The Balaban J connectivity index is 2.06. The number of hydrogen-bond donors (Lipinski definition) is 0. The van der Waals surface area contributed by atoms with E-state index >= 15 is 0 Å². The van der Waals surface area contributed by atoms with Crippen molar-refractivity contribution in [1.82, 2.24) is 9.55 Å². The highest BCUT2D eigenvalue weighted by atomic mass is 16.3. The smallest absolute Gasteiger partial charge is 0.123 e. The summed E-state index contributed by atoms with van der Waals surface area (Å²) < 4.78 is 7.55. The Kier molecular flexibility index (Phi) is 2.49. The first-order valence-electron chi connectivity index (χ1n) is 4.52. The first-order chi connectivity index (χ1) is 6.88. The van der Waals surface area contributed by atoms with Crippen LogP contribution < -0.4 is 0 Å². The van der Waals surface area contributed by atoms with E-state index in [4.69, 9.17) is 4.42 Å². The number of nitrogens with zero attached hydrogens (tertiary/aromatic N) is 2. The molecule has 0 amide bonds. The molecule has 0 bridgehead atoms. The second kappa shape index (κ2) is 3.96. The minimum Gasteiger partial charge on any atom is -0.464 e. The van der Waals surface area contributed by atoms with Crippen molar-refractivity contribution in [3.63, 3.8) is 0 Å². The molecule has 0 spiro atoms. The van der Waals surface area contributed by atoms with Gasteiger partial charge >= 0.3 is 0 Å².